The summed E-state index contributed by atoms with van der Waals surface area (Å²) in [5.41, 5.74) is 1.84. The van der Waals surface area contributed by atoms with Crippen molar-refractivity contribution in [2.45, 2.75) is 33.1 Å². The number of hydrogen-bond donors (Lipinski definition) is 1. The first-order valence-electron chi connectivity index (χ1n) is 10.1. The standard InChI is InChI=1S/C23H27BrN2O3/c1-16(2)11-14-29-21-10-7-18(15-20(21)24)22(27)25-19-8-5-17(6-9-19)23(28)26-12-3-4-13-26/h5-10,15-16H,3-4,11-14H2,1-2H3,(H,25,27). The van der Waals surface area contributed by atoms with Gasteiger partial charge in [-0.05, 0) is 83.6 Å². The molecule has 0 radical (unpaired) electrons. The second-order valence-electron chi connectivity index (χ2n) is 7.71. The van der Waals surface area contributed by atoms with E-state index in [2.05, 4.69) is 35.1 Å². The molecule has 5 nitrogen and oxygen atoms in total. The maximum Gasteiger partial charge on any atom is 0.255 e. The molecule has 1 aliphatic rings. The van der Waals surface area contributed by atoms with E-state index in [4.69, 9.17) is 4.74 Å². The molecule has 0 atom stereocenters. The van der Waals surface area contributed by atoms with Gasteiger partial charge in [-0.2, -0.15) is 0 Å². The molecule has 0 spiro atoms. The van der Waals surface area contributed by atoms with Crippen LogP contribution in [0.1, 0.15) is 53.8 Å². The summed E-state index contributed by atoms with van der Waals surface area (Å²) in [5.74, 6) is 1.15. The van der Waals surface area contributed by atoms with E-state index >= 15 is 0 Å². The molecule has 2 amide bonds. The van der Waals surface area contributed by atoms with Gasteiger partial charge in [0.15, 0.2) is 0 Å². The lowest BCUT2D eigenvalue weighted by molar-refractivity contribution is 0.0792. The number of anilines is 1. The van der Waals surface area contributed by atoms with Crippen molar-refractivity contribution in [1.29, 1.82) is 0 Å². The van der Waals surface area contributed by atoms with Gasteiger partial charge in [0.05, 0.1) is 11.1 Å². The van der Waals surface area contributed by atoms with Crippen molar-refractivity contribution < 1.29 is 14.3 Å². The number of amides is 2. The molecule has 1 fully saturated rings. The third-order valence-electron chi connectivity index (χ3n) is 4.93. The summed E-state index contributed by atoms with van der Waals surface area (Å²) >= 11 is 3.48. The number of likely N-dealkylation sites (tertiary alicyclic amines) is 1. The van der Waals surface area contributed by atoms with E-state index in [1.807, 2.05) is 4.90 Å². The second kappa shape index (κ2) is 9.92. The molecule has 0 saturated carbocycles. The van der Waals surface area contributed by atoms with E-state index in [1.165, 1.54) is 0 Å². The second-order valence-corrected chi connectivity index (χ2v) is 8.56. The quantitative estimate of drug-likeness (QED) is 0.606. The van der Waals surface area contributed by atoms with Crippen molar-refractivity contribution in [1.82, 2.24) is 4.90 Å². The first-order valence-corrected chi connectivity index (χ1v) is 10.9. The van der Waals surface area contributed by atoms with E-state index in [1.54, 1.807) is 42.5 Å². The number of nitrogens with zero attached hydrogens (tertiary/aromatic N) is 1. The van der Waals surface area contributed by atoms with Crippen molar-refractivity contribution in [3.05, 3.63) is 58.1 Å². The van der Waals surface area contributed by atoms with Crippen LogP contribution >= 0.6 is 15.9 Å². The molecule has 1 saturated heterocycles. The average Bonchev–Trinajstić information content (AvgIpc) is 3.24. The van der Waals surface area contributed by atoms with Gasteiger partial charge in [0.1, 0.15) is 5.75 Å². The highest BCUT2D eigenvalue weighted by Gasteiger charge is 2.19. The summed E-state index contributed by atoms with van der Waals surface area (Å²) in [7, 11) is 0. The Bertz CT molecular complexity index is 859. The lowest BCUT2D eigenvalue weighted by atomic mass is 10.1. The van der Waals surface area contributed by atoms with Crippen LogP contribution in [0.15, 0.2) is 46.9 Å². The zero-order valence-electron chi connectivity index (χ0n) is 16.9. The fourth-order valence-corrected chi connectivity index (χ4v) is 3.66. The van der Waals surface area contributed by atoms with Crippen molar-refractivity contribution in [2.75, 3.05) is 25.0 Å². The van der Waals surface area contributed by atoms with Crippen molar-refractivity contribution in [2.24, 2.45) is 5.92 Å². The molecule has 2 aromatic rings. The number of ether oxygens (including phenoxy) is 1. The number of rotatable bonds is 7. The molecule has 0 aliphatic carbocycles. The van der Waals surface area contributed by atoms with Gasteiger partial charge in [-0.15, -0.1) is 0 Å². The van der Waals surface area contributed by atoms with Gasteiger partial charge >= 0.3 is 0 Å². The van der Waals surface area contributed by atoms with Crippen molar-refractivity contribution >= 4 is 33.4 Å². The maximum absolute atomic E-state index is 12.6. The highest BCUT2D eigenvalue weighted by Crippen LogP contribution is 2.27. The largest absolute Gasteiger partial charge is 0.492 e. The first-order chi connectivity index (χ1) is 13.9. The highest BCUT2D eigenvalue weighted by molar-refractivity contribution is 9.10. The van der Waals surface area contributed by atoms with Crippen LogP contribution in [0, 0.1) is 5.92 Å². The summed E-state index contributed by atoms with van der Waals surface area (Å²) in [6.45, 7) is 6.60. The molecule has 1 N–H and O–H groups in total. The maximum atomic E-state index is 12.6. The Hall–Kier alpha value is -2.34. The third-order valence-corrected chi connectivity index (χ3v) is 5.55. The Labute approximate surface area is 180 Å². The number of nitrogens with one attached hydrogen (secondary N) is 1. The molecule has 1 aliphatic heterocycles. The van der Waals surface area contributed by atoms with E-state index in [0.29, 0.717) is 29.3 Å². The van der Waals surface area contributed by atoms with Crippen LogP contribution in [-0.2, 0) is 0 Å². The minimum atomic E-state index is -0.210. The van der Waals surface area contributed by atoms with Crippen molar-refractivity contribution in [3.8, 4) is 5.75 Å². The van der Waals surface area contributed by atoms with E-state index in [-0.39, 0.29) is 11.8 Å². The van der Waals surface area contributed by atoms with Crippen LogP contribution in [0.4, 0.5) is 5.69 Å². The van der Waals surface area contributed by atoms with E-state index < -0.39 is 0 Å². The van der Waals surface area contributed by atoms with E-state index in [0.717, 1.165) is 42.6 Å². The normalized spacial score (nSPS) is 13.6. The number of hydrogen-bond acceptors (Lipinski definition) is 3. The van der Waals surface area contributed by atoms with Gasteiger partial charge in [0.25, 0.3) is 11.8 Å². The fourth-order valence-electron chi connectivity index (χ4n) is 3.17. The third kappa shape index (κ3) is 5.82. The Morgan fingerprint density at radius 1 is 1.07 bits per heavy atom. The highest BCUT2D eigenvalue weighted by atomic mass is 79.9. The number of benzene rings is 2. The molecule has 154 valence electrons. The summed E-state index contributed by atoms with van der Waals surface area (Å²) in [6, 6.07) is 12.4. The molecule has 1 heterocycles. The van der Waals surface area contributed by atoms with Crippen LogP contribution in [0.2, 0.25) is 0 Å². The zero-order chi connectivity index (χ0) is 20.8. The molecule has 6 heteroatoms. The summed E-state index contributed by atoms with van der Waals surface area (Å²) in [6.07, 6.45) is 3.11. The van der Waals surface area contributed by atoms with Gasteiger partial charge in [-0.3, -0.25) is 9.59 Å². The molecular weight excluding hydrogens is 432 g/mol. The zero-order valence-corrected chi connectivity index (χ0v) is 18.5. The Morgan fingerprint density at radius 3 is 2.34 bits per heavy atom. The monoisotopic (exact) mass is 458 g/mol. The molecule has 3 rings (SSSR count). The number of halogens is 1. The predicted molar refractivity (Wildman–Crippen MR) is 119 cm³/mol. The molecule has 0 unspecified atom stereocenters. The topological polar surface area (TPSA) is 58.6 Å². The smallest absolute Gasteiger partial charge is 0.255 e. The molecular formula is C23H27BrN2O3. The average molecular weight is 459 g/mol. The fraction of sp³-hybridized carbons (Fsp3) is 0.391. The van der Waals surface area contributed by atoms with Gasteiger partial charge in [0.2, 0.25) is 0 Å². The lowest BCUT2D eigenvalue weighted by Crippen LogP contribution is -2.27. The molecule has 0 bridgehead atoms. The SMILES string of the molecule is CC(C)CCOc1ccc(C(=O)Nc2ccc(C(=O)N3CCCC3)cc2)cc1Br. The minimum Gasteiger partial charge on any atom is -0.492 e. The van der Waals surface area contributed by atoms with Gasteiger partial charge < -0.3 is 15.0 Å². The van der Waals surface area contributed by atoms with Crippen LogP contribution in [0.25, 0.3) is 0 Å². The summed E-state index contributed by atoms with van der Waals surface area (Å²) in [5, 5.41) is 2.87. The number of carbonyl (C=O) groups is 2. The number of carbonyl (C=O) groups excluding carboxylic acids is 2. The minimum absolute atomic E-state index is 0.0531. The summed E-state index contributed by atoms with van der Waals surface area (Å²) < 4.78 is 6.51. The molecule has 0 aromatic heterocycles. The van der Waals surface area contributed by atoms with Crippen molar-refractivity contribution in [3.63, 3.8) is 0 Å². The van der Waals surface area contributed by atoms with Crippen LogP contribution in [0.3, 0.4) is 0 Å². The first kappa shape index (κ1) is 21.4. The van der Waals surface area contributed by atoms with Crippen LogP contribution in [-0.4, -0.2) is 36.4 Å². The van der Waals surface area contributed by atoms with Crippen LogP contribution in [0.5, 0.6) is 5.75 Å². The van der Waals surface area contributed by atoms with Gasteiger partial charge in [-0.1, -0.05) is 13.8 Å². The van der Waals surface area contributed by atoms with Crippen LogP contribution < -0.4 is 10.1 Å². The Morgan fingerprint density at radius 2 is 1.72 bits per heavy atom. The molecule has 2 aromatic carbocycles. The lowest BCUT2D eigenvalue weighted by Gasteiger charge is -2.15. The summed E-state index contributed by atoms with van der Waals surface area (Å²) in [4.78, 5) is 26.8. The predicted octanol–water partition coefficient (Wildman–Crippen LogP) is 5.36. The Kier molecular flexibility index (Phi) is 7.31. The van der Waals surface area contributed by atoms with Gasteiger partial charge in [-0.25, -0.2) is 0 Å². The van der Waals surface area contributed by atoms with Gasteiger partial charge in [0, 0.05) is 29.9 Å². The molecule has 29 heavy (non-hydrogen) atoms. The van der Waals surface area contributed by atoms with E-state index in [9.17, 15) is 9.59 Å². The Balaban J connectivity index is 1.59.